The smallest absolute Gasteiger partial charge is 0.251 e. The zero-order valence-electron chi connectivity index (χ0n) is 8.68. The van der Waals surface area contributed by atoms with E-state index in [0.29, 0.717) is 0 Å². The predicted molar refractivity (Wildman–Crippen MR) is 65.4 cm³/mol. The van der Waals surface area contributed by atoms with E-state index in [9.17, 15) is 15.0 Å². The Bertz CT molecular complexity index is 514. The Kier molecular flexibility index (Phi) is 3.69. The summed E-state index contributed by atoms with van der Waals surface area (Å²) in [6, 6.07) is 1.29. The monoisotopic (exact) mass is 276 g/mol. The van der Waals surface area contributed by atoms with E-state index in [4.69, 9.17) is 17.3 Å². The Morgan fingerprint density at radius 3 is 2.71 bits per heavy atom. The SMILES string of the molecule is O=c1ccn([C@H]2S[C@H](CO)[C@@H](O)[C@H]2O)c(=S)[nH]1. The van der Waals surface area contributed by atoms with E-state index in [1.165, 1.54) is 28.6 Å². The molecule has 0 bridgehead atoms. The highest BCUT2D eigenvalue weighted by Crippen LogP contribution is 2.41. The number of nitrogens with one attached hydrogen (secondary N) is 1. The minimum atomic E-state index is -1.03. The third kappa shape index (κ3) is 2.31. The summed E-state index contributed by atoms with van der Waals surface area (Å²) in [4.78, 5) is 13.5. The number of H-pyrrole nitrogens is 1. The van der Waals surface area contributed by atoms with Crippen molar-refractivity contribution in [2.45, 2.75) is 22.8 Å². The molecule has 2 rings (SSSR count). The van der Waals surface area contributed by atoms with Gasteiger partial charge in [0.1, 0.15) is 11.5 Å². The van der Waals surface area contributed by atoms with Gasteiger partial charge in [0.15, 0.2) is 4.77 Å². The Labute approximate surface area is 106 Å². The first-order chi connectivity index (χ1) is 8.04. The lowest BCUT2D eigenvalue weighted by atomic mass is 10.1. The Hall–Kier alpha value is -0.670. The molecule has 1 fully saturated rings. The largest absolute Gasteiger partial charge is 0.395 e. The van der Waals surface area contributed by atoms with Gasteiger partial charge in [0.05, 0.1) is 18.0 Å². The first-order valence-corrected chi connectivity index (χ1v) is 6.33. The van der Waals surface area contributed by atoms with Gasteiger partial charge in [0.25, 0.3) is 5.56 Å². The molecule has 0 saturated carbocycles. The molecule has 0 spiro atoms. The third-order valence-electron chi connectivity index (χ3n) is 2.64. The lowest BCUT2D eigenvalue weighted by Gasteiger charge is -2.18. The summed E-state index contributed by atoms with van der Waals surface area (Å²) in [6.07, 6.45) is -0.576. The number of aliphatic hydroxyl groups is 3. The maximum Gasteiger partial charge on any atom is 0.251 e. The molecule has 1 saturated heterocycles. The van der Waals surface area contributed by atoms with Crippen molar-refractivity contribution in [3.05, 3.63) is 27.4 Å². The minimum absolute atomic E-state index is 0.180. The molecule has 17 heavy (non-hydrogen) atoms. The maximum absolute atomic E-state index is 11.0. The van der Waals surface area contributed by atoms with Crippen molar-refractivity contribution in [1.29, 1.82) is 0 Å². The molecule has 94 valence electrons. The van der Waals surface area contributed by atoms with Crippen molar-refractivity contribution in [3.8, 4) is 0 Å². The second-order valence-electron chi connectivity index (χ2n) is 3.75. The van der Waals surface area contributed by atoms with Gasteiger partial charge in [0.2, 0.25) is 0 Å². The number of hydrogen-bond acceptors (Lipinski definition) is 6. The molecule has 4 atom stereocenters. The lowest BCUT2D eigenvalue weighted by Crippen LogP contribution is -2.33. The van der Waals surface area contributed by atoms with E-state index in [-0.39, 0.29) is 16.9 Å². The summed E-state index contributed by atoms with van der Waals surface area (Å²) >= 11 is 6.21. The maximum atomic E-state index is 11.0. The molecule has 1 aromatic heterocycles. The van der Waals surface area contributed by atoms with E-state index in [1.54, 1.807) is 0 Å². The minimum Gasteiger partial charge on any atom is -0.395 e. The molecule has 0 amide bonds. The van der Waals surface area contributed by atoms with Crippen LogP contribution in [0.4, 0.5) is 0 Å². The van der Waals surface area contributed by atoms with Gasteiger partial charge in [-0.15, -0.1) is 11.8 Å². The highest BCUT2D eigenvalue weighted by molar-refractivity contribution is 8.00. The molecule has 2 heterocycles. The fourth-order valence-corrected chi connectivity index (χ4v) is 3.47. The summed E-state index contributed by atoms with van der Waals surface area (Å²) in [6.45, 7) is -0.226. The standard InChI is InChI=1S/C9H12N2O4S2/c12-3-4-6(14)7(15)8(17-4)11-2-1-5(13)10-9(11)16/h1-2,4,6-8,12,14-15H,3H2,(H,10,13,16)/t4-,6-,7-,8+/m1/s1. The number of aromatic nitrogens is 2. The Morgan fingerprint density at radius 1 is 1.47 bits per heavy atom. The molecule has 0 unspecified atom stereocenters. The predicted octanol–water partition coefficient (Wildman–Crippen LogP) is -0.766. The average Bonchev–Trinajstić information content (AvgIpc) is 2.57. The highest BCUT2D eigenvalue weighted by Gasteiger charge is 2.42. The van der Waals surface area contributed by atoms with Crippen LogP contribution in [0.25, 0.3) is 0 Å². The van der Waals surface area contributed by atoms with Gasteiger partial charge in [0, 0.05) is 12.3 Å². The summed E-state index contributed by atoms with van der Waals surface area (Å²) in [5.74, 6) is 0. The summed E-state index contributed by atoms with van der Waals surface area (Å²) in [7, 11) is 0. The van der Waals surface area contributed by atoms with E-state index >= 15 is 0 Å². The lowest BCUT2D eigenvalue weighted by molar-refractivity contribution is 0.0104. The van der Waals surface area contributed by atoms with Crippen LogP contribution in [-0.4, -0.2) is 48.9 Å². The number of aromatic amines is 1. The molecule has 1 aliphatic heterocycles. The quantitative estimate of drug-likeness (QED) is 0.530. The fraction of sp³-hybridized carbons (Fsp3) is 0.556. The van der Waals surface area contributed by atoms with Gasteiger partial charge < -0.3 is 19.9 Å². The molecular formula is C9H12N2O4S2. The highest BCUT2D eigenvalue weighted by atomic mass is 32.2. The number of thioether (sulfide) groups is 1. The Balaban J connectivity index is 2.35. The van der Waals surface area contributed by atoms with Gasteiger partial charge >= 0.3 is 0 Å². The van der Waals surface area contributed by atoms with Gasteiger partial charge in [-0.1, -0.05) is 0 Å². The second kappa shape index (κ2) is 4.91. The first kappa shape index (κ1) is 12.8. The molecule has 1 aliphatic rings. The van der Waals surface area contributed by atoms with Gasteiger partial charge in [-0.3, -0.25) is 9.78 Å². The normalized spacial score (nSPS) is 32.9. The summed E-state index contributed by atoms with van der Waals surface area (Å²) in [5, 5.41) is 27.6. The van der Waals surface area contributed by atoms with Crippen LogP contribution in [0, 0.1) is 4.77 Å². The van der Waals surface area contributed by atoms with Gasteiger partial charge in [-0.05, 0) is 12.2 Å². The summed E-state index contributed by atoms with van der Waals surface area (Å²) < 4.78 is 1.69. The number of nitrogens with zero attached hydrogens (tertiary/aromatic N) is 1. The molecule has 1 aromatic rings. The zero-order chi connectivity index (χ0) is 12.6. The average molecular weight is 276 g/mol. The molecule has 8 heteroatoms. The van der Waals surface area contributed by atoms with Crippen LogP contribution in [0.15, 0.2) is 17.1 Å². The number of aliphatic hydroxyl groups excluding tert-OH is 3. The van der Waals surface area contributed by atoms with Crippen molar-refractivity contribution in [3.63, 3.8) is 0 Å². The second-order valence-corrected chi connectivity index (χ2v) is 5.49. The van der Waals surface area contributed by atoms with Crippen LogP contribution in [0.2, 0.25) is 0 Å². The van der Waals surface area contributed by atoms with Crippen molar-refractivity contribution in [2.24, 2.45) is 0 Å². The van der Waals surface area contributed by atoms with Crippen molar-refractivity contribution in [2.75, 3.05) is 6.61 Å². The number of hydrogen-bond donors (Lipinski definition) is 4. The van der Waals surface area contributed by atoms with Crippen molar-refractivity contribution < 1.29 is 15.3 Å². The van der Waals surface area contributed by atoms with Gasteiger partial charge in [-0.25, -0.2) is 0 Å². The first-order valence-electron chi connectivity index (χ1n) is 4.98. The van der Waals surface area contributed by atoms with Crippen molar-refractivity contribution in [1.82, 2.24) is 9.55 Å². The Morgan fingerprint density at radius 2 is 2.18 bits per heavy atom. The molecule has 0 aromatic carbocycles. The fourth-order valence-electron chi connectivity index (χ4n) is 1.74. The van der Waals surface area contributed by atoms with Crippen LogP contribution in [0.1, 0.15) is 5.37 Å². The molecule has 0 aliphatic carbocycles. The topological polar surface area (TPSA) is 98.5 Å². The molecular weight excluding hydrogens is 264 g/mol. The van der Waals surface area contributed by atoms with Crippen LogP contribution in [0.5, 0.6) is 0 Å². The van der Waals surface area contributed by atoms with E-state index in [2.05, 4.69) is 4.98 Å². The zero-order valence-corrected chi connectivity index (χ0v) is 10.3. The van der Waals surface area contributed by atoms with Crippen LogP contribution in [-0.2, 0) is 0 Å². The van der Waals surface area contributed by atoms with Gasteiger partial charge in [-0.2, -0.15) is 0 Å². The summed E-state index contributed by atoms with van der Waals surface area (Å²) in [5.41, 5.74) is -0.317. The van der Waals surface area contributed by atoms with E-state index in [0.717, 1.165) is 0 Å². The third-order valence-corrected chi connectivity index (χ3v) is 4.52. The molecule has 6 nitrogen and oxygen atoms in total. The van der Waals surface area contributed by atoms with Crippen LogP contribution >= 0.6 is 24.0 Å². The van der Waals surface area contributed by atoms with E-state index in [1.807, 2.05) is 0 Å². The van der Waals surface area contributed by atoms with Crippen LogP contribution < -0.4 is 5.56 Å². The van der Waals surface area contributed by atoms with E-state index < -0.39 is 22.8 Å². The van der Waals surface area contributed by atoms with Crippen molar-refractivity contribution >= 4 is 24.0 Å². The van der Waals surface area contributed by atoms with Crippen LogP contribution in [0.3, 0.4) is 0 Å². The molecule has 0 radical (unpaired) electrons. The molecule has 4 N–H and O–H groups in total. The number of rotatable bonds is 2.